The lowest BCUT2D eigenvalue weighted by atomic mass is 10.1. The molecule has 1 atom stereocenters. The molecule has 0 radical (unpaired) electrons. The van der Waals surface area contributed by atoms with Gasteiger partial charge in [0.05, 0.1) is 5.75 Å². The smallest absolute Gasteiger partial charge is 0.242 e. The number of thioether (sulfide) groups is 1. The average molecular weight is 385 g/mol. The summed E-state index contributed by atoms with van der Waals surface area (Å²) in [6, 6.07) is 15.6. The van der Waals surface area contributed by atoms with Crippen LogP contribution in [0.3, 0.4) is 0 Å². The molecule has 2 amide bonds. The van der Waals surface area contributed by atoms with Crippen molar-refractivity contribution in [3.05, 3.63) is 65.2 Å². The number of likely N-dealkylation sites (N-methyl/N-ethyl adjacent to an activating group) is 1. The Balaban J connectivity index is 2.19. The number of aryl methyl sites for hydroxylation is 2. The standard InChI is InChI=1S/C22H28N2O2S/c1-5-20(22(26)23-4)24(14-18-9-7-6-8-17(18)3)21(25)15-27-19-12-10-16(2)11-13-19/h6-13,20H,5,14-15H2,1-4H3,(H,23,26)/t20-/m1/s1. The molecule has 0 aliphatic rings. The van der Waals surface area contributed by atoms with E-state index in [9.17, 15) is 9.59 Å². The van der Waals surface area contributed by atoms with Crippen LogP contribution in [0.1, 0.15) is 30.0 Å². The van der Waals surface area contributed by atoms with Gasteiger partial charge in [-0.15, -0.1) is 11.8 Å². The minimum Gasteiger partial charge on any atom is -0.357 e. The fourth-order valence-corrected chi connectivity index (χ4v) is 3.70. The summed E-state index contributed by atoms with van der Waals surface area (Å²) in [4.78, 5) is 28.2. The van der Waals surface area contributed by atoms with Gasteiger partial charge in [0.15, 0.2) is 0 Å². The zero-order chi connectivity index (χ0) is 19.8. The third-order valence-electron chi connectivity index (χ3n) is 4.62. The summed E-state index contributed by atoms with van der Waals surface area (Å²) in [5.74, 6) is 0.154. The van der Waals surface area contributed by atoms with E-state index in [0.29, 0.717) is 18.7 Å². The first-order valence-corrected chi connectivity index (χ1v) is 10.2. The largest absolute Gasteiger partial charge is 0.357 e. The van der Waals surface area contributed by atoms with Crippen molar-refractivity contribution in [1.29, 1.82) is 0 Å². The Morgan fingerprint density at radius 3 is 2.33 bits per heavy atom. The molecule has 0 spiro atoms. The molecule has 0 saturated heterocycles. The molecule has 2 rings (SSSR count). The molecule has 144 valence electrons. The molecule has 27 heavy (non-hydrogen) atoms. The van der Waals surface area contributed by atoms with Gasteiger partial charge in [-0.05, 0) is 43.5 Å². The second-order valence-electron chi connectivity index (χ2n) is 6.59. The molecule has 0 unspecified atom stereocenters. The first-order valence-electron chi connectivity index (χ1n) is 9.21. The molecule has 0 heterocycles. The quantitative estimate of drug-likeness (QED) is 0.701. The molecule has 0 aliphatic heterocycles. The van der Waals surface area contributed by atoms with E-state index in [0.717, 1.165) is 16.0 Å². The van der Waals surface area contributed by atoms with Crippen LogP contribution >= 0.6 is 11.8 Å². The number of carbonyl (C=O) groups excluding carboxylic acids is 2. The van der Waals surface area contributed by atoms with Crippen molar-refractivity contribution >= 4 is 23.6 Å². The number of nitrogens with one attached hydrogen (secondary N) is 1. The summed E-state index contributed by atoms with van der Waals surface area (Å²) in [7, 11) is 1.61. The Hall–Kier alpha value is -2.27. The maximum absolute atomic E-state index is 13.0. The first-order chi connectivity index (χ1) is 13.0. The van der Waals surface area contributed by atoms with E-state index in [4.69, 9.17) is 0 Å². The minimum absolute atomic E-state index is 0.0284. The highest BCUT2D eigenvalue weighted by atomic mass is 32.2. The van der Waals surface area contributed by atoms with Crippen LogP contribution in [-0.4, -0.2) is 35.6 Å². The number of rotatable bonds is 8. The van der Waals surface area contributed by atoms with Crippen molar-refractivity contribution in [3.8, 4) is 0 Å². The van der Waals surface area contributed by atoms with Crippen LogP contribution in [-0.2, 0) is 16.1 Å². The highest BCUT2D eigenvalue weighted by molar-refractivity contribution is 8.00. The van der Waals surface area contributed by atoms with E-state index < -0.39 is 6.04 Å². The topological polar surface area (TPSA) is 49.4 Å². The van der Waals surface area contributed by atoms with Crippen LogP contribution in [0.5, 0.6) is 0 Å². The molecule has 2 aromatic carbocycles. The van der Waals surface area contributed by atoms with Crippen LogP contribution in [0.2, 0.25) is 0 Å². The normalized spacial score (nSPS) is 11.7. The number of nitrogens with zero attached hydrogens (tertiary/aromatic N) is 1. The fourth-order valence-electron chi connectivity index (χ4n) is 2.92. The van der Waals surface area contributed by atoms with E-state index in [1.54, 1.807) is 11.9 Å². The first kappa shape index (κ1) is 21.0. The fraction of sp³-hybridized carbons (Fsp3) is 0.364. The van der Waals surface area contributed by atoms with Gasteiger partial charge in [-0.1, -0.05) is 48.9 Å². The summed E-state index contributed by atoms with van der Waals surface area (Å²) in [6.45, 7) is 6.44. The Morgan fingerprint density at radius 1 is 1.07 bits per heavy atom. The molecular formula is C22H28N2O2S. The van der Waals surface area contributed by atoms with Gasteiger partial charge >= 0.3 is 0 Å². The SMILES string of the molecule is CC[C@H](C(=O)NC)N(Cc1ccccc1C)C(=O)CSc1ccc(C)cc1. The molecule has 5 heteroatoms. The van der Waals surface area contributed by atoms with Crippen molar-refractivity contribution in [2.24, 2.45) is 0 Å². The number of hydrogen-bond donors (Lipinski definition) is 1. The second-order valence-corrected chi connectivity index (χ2v) is 7.64. The van der Waals surface area contributed by atoms with Gasteiger partial charge in [-0.3, -0.25) is 9.59 Å². The van der Waals surface area contributed by atoms with Crippen LogP contribution in [0, 0.1) is 13.8 Å². The summed E-state index contributed by atoms with van der Waals surface area (Å²) in [5, 5.41) is 2.69. The summed E-state index contributed by atoms with van der Waals surface area (Å²) in [5.41, 5.74) is 3.37. The molecule has 4 nitrogen and oxygen atoms in total. The maximum Gasteiger partial charge on any atom is 0.242 e. The summed E-state index contributed by atoms with van der Waals surface area (Å²) in [6.07, 6.45) is 0.576. The average Bonchev–Trinajstić information content (AvgIpc) is 2.68. The molecule has 1 N–H and O–H groups in total. The van der Waals surface area contributed by atoms with E-state index in [1.165, 1.54) is 17.3 Å². The Bertz CT molecular complexity index is 774. The molecule has 0 aromatic heterocycles. The molecular weight excluding hydrogens is 356 g/mol. The molecule has 0 saturated carbocycles. The van der Waals surface area contributed by atoms with Gasteiger partial charge in [0.1, 0.15) is 6.04 Å². The van der Waals surface area contributed by atoms with Gasteiger partial charge in [0.25, 0.3) is 0 Å². The lowest BCUT2D eigenvalue weighted by molar-refractivity contribution is -0.139. The van der Waals surface area contributed by atoms with E-state index in [2.05, 4.69) is 5.32 Å². The predicted octanol–water partition coefficient (Wildman–Crippen LogP) is 3.95. The Morgan fingerprint density at radius 2 is 1.74 bits per heavy atom. The monoisotopic (exact) mass is 384 g/mol. The molecule has 0 fully saturated rings. The molecule has 0 bridgehead atoms. The van der Waals surface area contributed by atoms with Crippen molar-refractivity contribution in [3.63, 3.8) is 0 Å². The summed E-state index contributed by atoms with van der Waals surface area (Å²) < 4.78 is 0. The highest BCUT2D eigenvalue weighted by Gasteiger charge is 2.28. The predicted molar refractivity (Wildman–Crippen MR) is 112 cm³/mol. The van der Waals surface area contributed by atoms with Crippen molar-refractivity contribution < 1.29 is 9.59 Å². The maximum atomic E-state index is 13.0. The number of amides is 2. The zero-order valence-corrected chi connectivity index (χ0v) is 17.3. The van der Waals surface area contributed by atoms with E-state index in [-0.39, 0.29) is 11.8 Å². The highest BCUT2D eigenvalue weighted by Crippen LogP contribution is 2.21. The van der Waals surface area contributed by atoms with Crippen LogP contribution < -0.4 is 5.32 Å². The van der Waals surface area contributed by atoms with Crippen LogP contribution in [0.4, 0.5) is 0 Å². The third kappa shape index (κ3) is 5.86. The van der Waals surface area contributed by atoms with Gasteiger partial charge in [-0.25, -0.2) is 0 Å². The Kier molecular flexibility index (Phi) is 7.92. The minimum atomic E-state index is -0.472. The molecule has 0 aliphatic carbocycles. The summed E-state index contributed by atoms with van der Waals surface area (Å²) >= 11 is 1.50. The molecule has 2 aromatic rings. The van der Waals surface area contributed by atoms with Gasteiger partial charge < -0.3 is 10.2 Å². The number of carbonyl (C=O) groups is 2. The van der Waals surface area contributed by atoms with Crippen LogP contribution in [0.25, 0.3) is 0 Å². The lowest BCUT2D eigenvalue weighted by Gasteiger charge is -2.30. The van der Waals surface area contributed by atoms with E-state index >= 15 is 0 Å². The number of benzene rings is 2. The third-order valence-corrected chi connectivity index (χ3v) is 5.61. The van der Waals surface area contributed by atoms with E-state index in [1.807, 2.05) is 69.3 Å². The Labute approximate surface area is 166 Å². The van der Waals surface area contributed by atoms with Crippen molar-refractivity contribution in [2.45, 2.75) is 44.7 Å². The van der Waals surface area contributed by atoms with Crippen LogP contribution in [0.15, 0.2) is 53.4 Å². The lowest BCUT2D eigenvalue weighted by Crippen LogP contribution is -2.48. The van der Waals surface area contributed by atoms with Crippen molar-refractivity contribution in [1.82, 2.24) is 10.2 Å². The van der Waals surface area contributed by atoms with Gasteiger partial charge in [0, 0.05) is 18.5 Å². The number of hydrogen-bond acceptors (Lipinski definition) is 3. The second kappa shape index (κ2) is 10.2. The van der Waals surface area contributed by atoms with Gasteiger partial charge in [-0.2, -0.15) is 0 Å². The van der Waals surface area contributed by atoms with Gasteiger partial charge in [0.2, 0.25) is 11.8 Å². The zero-order valence-electron chi connectivity index (χ0n) is 16.5. The van der Waals surface area contributed by atoms with Crippen molar-refractivity contribution in [2.75, 3.05) is 12.8 Å².